The van der Waals surface area contributed by atoms with Gasteiger partial charge in [0.05, 0.1) is 13.0 Å². The SMILES string of the molecule is C#CCOc1ccccc1[C@@H](C[N+](=O)[O-])c1c[nH]c2ccc(OC)cc12. The van der Waals surface area contributed by atoms with Crippen molar-refractivity contribution >= 4 is 10.9 Å². The van der Waals surface area contributed by atoms with E-state index in [0.717, 1.165) is 22.0 Å². The summed E-state index contributed by atoms with van der Waals surface area (Å²) < 4.78 is 10.9. The lowest BCUT2D eigenvalue weighted by Crippen LogP contribution is -2.15. The Morgan fingerprint density at radius 3 is 2.81 bits per heavy atom. The number of rotatable bonds is 7. The Hall–Kier alpha value is -3.46. The third-order valence-corrected chi connectivity index (χ3v) is 4.23. The van der Waals surface area contributed by atoms with E-state index in [4.69, 9.17) is 15.9 Å². The van der Waals surface area contributed by atoms with Gasteiger partial charge >= 0.3 is 0 Å². The quantitative estimate of drug-likeness (QED) is 0.401. The number of terminal acetylenes is 1. The first-order valence-corrected chi connectivity index (χ1v) is 8.06. The molecular formula is C20H18N2O4. The Morgan fingerprint density at radius 2 is 2.08 bits per heavy atom. The average Bonchev–Trinajstić information content (AvgIpc) is 3.07. The van der Waals surface area contributed by atoms with Gasteiger partial charge in [-0.25, -0.2) is 0 Å². The second kappa shape index (κ2) is 7.62. The number of hydrogen-bond acceptors (Lipinski definition) is 4. The maximum absolute atomic E-state index is 11.4. The molecule has 0 fully saturated rings. The molecule has 0 aliphatic rings. The van der Waals surface area contributed by atoms with Crippen LogP contribution in [0.3, 0.4) is 0 Å². The van der Waals surface area contributed by atoms with Crippen molar-refractivity contribution < 1.29 is 14.4 Å². The molecule has 3 rings (SSSR count). The molecule has 0 aliphatic carbocycles. The molecule has 2 aromatic carbocycles. The number of benzene rings is 2. The van der Waals surface area contributed by atoms with Crippen molar-refractivity contribution in [3.63, 3.8) is 0 Å². The zero-order valence-electron chi connectivity index (χ0n) is 14.3. The topological polar surface area (TPSA) is 77.4 Å². The van der Waals surface area contributed by atoms with Gasteiger partial charge in [-0.05, 0) is 29.8 Å². The predicted octanol–water partition coefficient (Wildman–Crippen LogP) is 3.60. The molecule has 1 aromatic heterocycles. The maximum atomic E-state index is 11.4. The van der Waals surface area contributed by atoms with Gasteiger partial charge in [-0.1, -0.05) is 24.1 Å². The van der Waals surface area contributed by atoms with E-state index in [9.17, 15) is 10.1 Å². The third kappa shape index (κ3) is 3.47. The number of methoxy groups -OCH3 is 1. The highest BCUT2D eigenvalue weighted by Crippen LogP contribution is 2.36. The minimum atomic E-state index is -0.486. The van der Waals surface area contributed by atoms with Gasteiger partial charge in [0.2, 0.25) is 6.54 Å². The molecule has 6 nitrogen and oxygen atoms in total. The van der Waals surface area contributed by atoms with Crippen LogP contribution in [-0.4, -0.2) is 30.2 Å². The van der Waals surface area contributed by atoms with Crippen molar-refractivity contribution in [3.8, 4) is 23.8 Å². The van der Waals surface area contributed by atoms with Gasteiger partial charge in [-0.2, -0.15) is 0 Å². The summed E-state index contributed by atoms with van der Waals surface area (Å²) in [6.45, 7) is -0.162. The number of aromatic amines is 1. The van der Waals surface area contributed by atoms with E-state index < -0.39 is 5.92 Å². The third-order valence-electron chi connectivity index (χ3n) is 4.23. The Balaban J connectivity index is 2.14. The maximum Gasteiger partial charge on any atom is 0.214 e. The first-order chi connectivity index (χ1) is 12.6. The Labute approximate surface area is 150 Å². The van der Waals surface area contributed by atoms with Crippen molar-refractivity contribution in [2.45, 2.75) is 5.92 Å². The molecule has 0 aliphatic heterocycles. The molecule has 1 atom stereocenters. The van der Waals surface area contributed by atoms with E-state index >= 15 is 0 Å². The average molecular weight is 350 g/mol. The summed E-state index contributed by atoms with van der Waals surface area (Å²) in [5, 5.41) is 12.2. The Morgan fingerprint density at radius 1 is 1.27 bits per heavy atom. The number of para-hydroxylation sites is 1. The standard InChI is InChI=1S/C20H18N2O4/c1-3-10-26-20-7-5-4-6-15(20)18(13-22(23)24)17-12-21-19-9-8-14(25-2)11-16(17)19/h1,4-9,11-12,18,21H,10,13H2,2H3/t18-/m1/s1. The molecule has 0 unspecified atom stereocenters. The fourth-order valence-electron chi connectivity index (χ4n) is 3.07. The van der Waals surface area contributed by atoms with Gasteiger partial charge in [0, 0.05) is 27.6 Å². The molecule has 0 amide bonds. The largest absolute Gasteiger partial charge is 0.497 e. The molecule has 132 valence electrons. The number of nitrogens with zero attached hydrogens (tertiary/aromatic N) is 1. The predicted molar refractivity (Wildman–Crippen MR) is 99.3 cm³/mol. The van der Waals surface area contributed by atoms with Crippen molar-refractivity contribution in [1.29, 1.82) is 0 Å². The van der Waals surface area contributed by atoms with Gasteiger partial charge in [0.15, 0.2) is 0 Å². The van der Waals surface area contributed by atoms with E-state index in [-0.39, 0.29) is 18.1 Å². The fourth-order valence-corrected chi connectivity index (χ4v) is 3.07. The van der Waals surface area contributed by atoms with E-state index in [2.05, 4.69) is 10.9 Å². The van der Waals surface area contributed by atoms with Crippen LogP contribution in [0.1, 0.15) is 17.0 Å². The number of nitrogens with one attached hydrogen (secondary N) is 1. The van der Waals surface area contributed by atoms with E-state index in [1.165, 1.54) is 0 Å². The summed E-state index contributed by atoms with van der Waals surface area (Å²) in [7, 11) is 1.59. The molecule has 3 aromatic rings. The first-order valence-electron chi connectivity index (χ1n) is 8.06. The molecule has 26 heavy (non-hydrogen) atoms. The van der Waals surface area contributed by atoms with Crippen molar-refractivity contribution in [1.82, 2.24) is 4.98 Å². The van der Waals surface area contributed by atoms with Crippen LogP contribution in [0, 0.1) is 22.5 Å². The van der Waals surface area contributed by atoms with Crippen molar-refractivity contribution in [3.05, 3.63) is 69.9 Å². The second-order valence-corrected chi connectivity index (χ2v) is 5.75. The van der Waals surface area contributed by atoms with E-state index in [0.29, 0.717) is 11.5 Å². The molecule has 1 N–H and O–H groups in total. The molecule has 0 spiro atoms. The fraction of sp³-hybridized carbons (Fsp3) is 0.200. The Bertz CT molecular complexity index is 971. The number of hydrogen-bond donors (Lipinski definition) is 1. The van der Waals surface area contributed by atoms with Crippen LogP contribution in [0.15, 0.2) is 48.7 Å². The summed E-state index contributed by atoms with van der Waals surface area (Å²) in [5.41, 5.74) is 2.42. The molecule has 0 radical (unpaired) electrons. The van der Waals surface area contributed by atoms with Gasteiger partial charge in [0.25, 0.3) is 0 Å². The number of nitro groups is 1. The molecule has 6 heteroatoms. The van der Waals surface area contributed by atoms with Crippen LogP contribution in [0.2, 0.25) is 0 Å². The summed E-state index contributed by atoms with van der Waals surface area (Å²) in [5.74, 6) is 3.18. The Kier molecular flexibility index (Phi) is 5.09. The van der Waals surface area contributed by atoms with E-state index in [1.54, 1.807) is 19.4 Å². The summed E-state index contributed by atoms with van der Waals surface area (Å²) >= 11 is 0. The van der Waals surface area contributed by atoms with Crippen LogP contribution in [0.5, 0.6) is 11.5 Å². The lowest BCUT2D eigenvalue weighted by atomic mass is 9.90. The van der Waals surface area contributed by atoms with Gasteiger partial charge < -0.3 is 14.5 Å². The first kappa shape index (κ1) is 17.4. The second-order valence-electron chi connectivity index (χ2n) is 5.75. The molecule has 1 heterocycles. The highest BCUT2D eigenvalue weighted by molar-refractivity contribution is 5.85. The normalized spacial score (nSPS) is 11.7. The van der Waals surface area contributed by atoms with Crippen LogP contribution < -0.4 is 9.47 Å². The highest BCUT2D eigenvalue weighted by Gasteiger charge is 2.26. The minimum Gasteiger partial charge on any atom is -0.497 e. The summed E-state index contributed by atoms with van der Waals surface area (Å²) in [4.78, 5) is 14.2. The number of H-pyrrole nitrogens is 1. The van der Waals surface area contributed by atoms with Gasteiger partial charge in [0.1, 0.15) is 18.1 Å². The highest BCUT2D eigenvalue weighted by atomic mass is 16.6. The van der Waals surface area contributed by atoms with Crippen molar-refractivity contribution in [2.75, 3.05) is 20.3 Å². The lowest BCUT2D eigenvalue weighted by Gasteiger charge is -2.17. The molecule has 0 saturated heterocycles. The molecular weight excluding hydrogens is 332 g/mol. The van der Waals surface area contributed by atoms with E-state index in [1.807, 2.05) is 36.4 Å². The van der Waals surface area contributed by atoms with Crippen molar-refractivity contribution in [2.24, 2.45) is 0 Å². The zero-order chi connectivity index (χ0) is 18.5. The number of ether oxygens (including phenoxy) is 2. The van der Waals surface area contributed by atoms with Gasteiger partial charge in [-0.15, -0.1) is 6.42 Å². The monoisotopic (exact) mass is 350 g/mol. The zero-order valence-corrected chi connectivity index (χ0v) is 14.3. The van der Waals surface area contributed by atoms with Gasteiger partial charge in [-0.3, -0.25) is 10.1 Å². The molecule has 0 bridgehead atoms. The minimum absolute atomic E-state index is 0.101. The smallest absolute Gasteiger partial charge is 0.214 e. The lowest BCUT2D eigenvalue weighted by molar-refractivity contribution is -0.481. The van der Waals surface area contributed by atoms with Crippen LogP contribution >= 0.6 is 0 Å². The molecule has 0 saturated carbocycles. The number of aromatic nitrogens is 1. The van der Waals surface area contributed by atoms with Crippen LogP contribution in [0.25, 0.3) is 10.9 Å². The summed E-state index contributed by atoms with van der Waals surface area (Å²) in [6, 6.07) is 12.9. The van der Waals surface area contributed by atoms with Crippen LogP contribution in [-0.2, 0) is 0 Å². The van der Waals surface area contributed by atoms with Crippen LogP contribution in [0.4, 0.5) is 0 Å². The summed E-state index contributed by atoms with van der Waals surface area (Å²) in [6.07, 6.45) is 7.08. The number of fused-ring (bicyclic) bond motifs is 1.